The zero-order chi connectivity index (χ0) is 12.0. The standard InChI is InChI=1S/C13H13BrClNO/c14-10-5-4-7(6-11(10)15)16-13(17)12-8-2-1-3-9(8)12/h4-6,8-9,12H,1-3H2,(H,16,17). The van der Waals surface area contributed by atoms with Crippen LogP contribution in [-0.4, -0.2) is 5.91 Å². The SMILES string of the molecule is O=C(Nc1ccc(Br)c(Cl)c1)C1C2CCCC21. The molecule has 0 spiro atoms. The molecule has 3 rings (SSSR count). The Hall–Kier alpha value is -0.540. The number of halogens is 2. The highest BCUT2D eigenvalue weighted by Crippen LogP contribution is 2.57. The van der Waals surface area contributed by atoms with E-state index in [0.717, 1.165) is 10.2 Å². The van der Waals surface area contributed by atoms with Crippen LogP contribution in [0.5, 0.6) is 0 Å². The van der Waals surface area contributed by atoms with Crippen LogP contribution in [0.25, 0.3) is 0 Å². The van der Waals surface area contributed by atoms with Crippen LogP contribution in [0.3, 0.4) is 0 Å². The minimum absolute atomic E-state index is 0.165. The number of hydrogen-bond donors (Lipinski definition) is 1. The molecule has 2 saturated carbocycles. The summed E-state index contributed by atoms with van der Waals surface area (Å²) >= 11 is 9.32. The van der Waals surface area contributed by atoms with Gasteiger partial charge in [-0.1, -0.05) is 18.0 Å². The van der Waals surface area contributed by atoms with Crippen LogP contribution in [0.2, 0.25) is 5.02 Å². The minimum Gasteiger partial charge on any atom is -0.326 e. The number of fused-ring (bicyclic) bond motifs is 1. The summed E-state index contributed by atoms with van der Waals surface area (Å²) in [6.45, 7) is 0. The monoisotopic (exact) mass is 313 g/mol. The highest BCUT2D eigenvalue weighted by Gasteiger charge is 2.56. The van der Waals surface area contributed by atoms with Crippen LogP contribution in [0.15, 0.2) is 22.7 Å². The van der Waals surface area contributed by atoms with E-state index >= 15 is 0 Å². The van der Waals surface area contributed by atoms with Crippen molar-refractivity contribution >= 4 is 39.1 Å². The van der Waals surface area contributed by atoms with Crippen LogP contribution in [0.1, 0.15) is 19.3 Å². The molecule has 0 bridgehead atoms. The van der Waals surface area contributed by atoms with Crippen LogP contribution in [0, 0.1) is 17.8 Å². The second kappa shape index (κ2) is 4.29. The van der Waals surface area contributed by atoms with Gasteiger partial charge in [0, 0.05) is 16.1 Å². The zero-order valence-electron chi connectivity index (χ0n) is 9.25. The first-order chi connectivity index (χ1) is 8.16. The fraction of sp³-hybridized carbons (Fsp3) is 0.462. The van der Waals surface area contributed by atoms with Crippen LogP contribution >= 0.6 is 27.5 Å². The second-order valence-corrected chi connectivity index (χ2v) is 6.16. The van der Waals surface area contributed by atoms with Crippen molar-refractivity contribution in [2.45, 2.75) is 19.3 Å². The molecule has 1 amide bonds. The van der Waals surface area contributed by atoms with Gasteiger partial charge >= 0.3 is 0 Å². The van der Waals surface area contributed by atoms with Gasteiger partial charge in [0.2, 0.25) is 5.91 Å². The van der Waals surface area contributed by atoms with Crippen molar-refractivity contribution in [2.75, 3.05) is 5.32 Å². The van der Waals surface area contributed by atoms with Gasteiger partial charge in [-0.15, -0.1) is 0 Å². The molecular formula is C13H13BrClNO. The maximum atomic E-state index is 12.0. The molecule has 2 nitrogen and oxygen atoms in total. The van der Waals surface area contributed by atoms with Gasteiger partial charge in [0.1, 0.15) is 0 Å². The number of anilines is 1. The molecule has 2 aliphatic rings. The number of rotatable bonds is 2. The van der Waals surface area contributed by atoms with Gasteiger partial charge in [-0.3, -0.25) is 4.79 Å². The molecule has 1 N–H and O–H groups in total. The lowest BCUT2D eigenvalue weighted by Gasteiger charge is -2.07. The Labute approximate surface area is 114 Å². The number of carbonyl (C=O) groups is 1. The molecule has 90 valence electrons. The van der Waals surface area contributed by atoms with E-state index in [2.05, 4.69) is 21.2 Å². The lowest BCUT2D eigenvalue weighted by atomic mass is 10.1. The lowest BCUT2D eigenvalue weighted by Crippen LogP contribution is -2.16. The third kappa shape index (κ3) is 2.11. The number of carbonyl (C=O) groups excluding carboxylic acids is 1. The first-order valence-corrected chi connectivity index (χ1v) is 7.10. The molecule has 0 aromatic heterocycles. The topological polar surface area (TPSA) is 29.1 Å². The van der Waals surface area contributed by atoms with Crippen molar-refractivity contribution in [3.05, 3.63) is 27.7 Å². The van der Waals surface area contributed by atoms with Crippen LogP contribution in [-0.2, 0) is 4.79 Å². The largest absolute Gasteiger partial charge is 0.326 e. The number of hydrogen-bond acceptors (Lipinski definition) is 1. The molecule has 1 aromatic rings. The molecule has 1 aromatic carbocycles. The van der Waals surface area contributed by atoms with Gasteiger partial charge in [0.15, 0.2) is 0 Å². The van der Waals surface area contributed by atoms with E-state index in [9.17, 15) is 4.79 Å². The van der Waals surface area contributed by atoms with Crippen molar-refractivity contribution in [1.29, 1.82) is 0 Å². The third-order valence-electron chi connectivity index (χ3n) is 3.90. The van der Waals surface area contributed by atoms with E-state index in [0.29, 0.717) is 16.9 Å². The summed E-state index contributed by atoms with van der Waals surface area (Å²) in [4.78, 5) is 12.0. The summed E-state index contributed by atoms with van der Waals surface area (Å²) in [6, 6.07) is 5.50. The average molecular weight is 315 g/mol. The van der Waals surface area contributed by atoms with Gasteiger partial charge in [0.25, 0.3) is 0 Å². The second-order valence-electron chi connectivity index (χ2n) is 4.90. The van der Waals surface area contributed by atoms with E-state index in [-0.39, 0.29) is 11.8 Å². The Balaban J connectivity index is 1.67. The van der Waals surface area contributed by atoms with Gasteiger partial charge < -0.3 is 5.32 Å². The first-order valence-electron chi connectivity index (χ1n) is 5.93. The normalized spacial score (nSPS) is 29.9. The molecular weight excluding hydrogens is 302 g/mol. The van der Waals surface area contributed by atoms with Crippen molar-refractivity contribution in [2.24, 2.45) is 17.8 Å². The summed E-state index contributed by atoms with van der Waals surface area (Å²) in [7, 11) is 0. The lowest BCUT2D eigenvalue weighted by molar-refractivity contribution is -0.118. The van der Waals surface area contributed by atoms with E-state index in [1.807, 2.05) is 12.1 Å². The molecule has 0 radical (unpaired) electrons. The fourth-order valence-corrected chi connectivity index (χ4v) is 3.44. The number of amides is 1. The van der Waals surface area contributed by atoms with Crippen LogP contribution in [0.4, 0.5) is 5.69 Å². The quantitative estimate of drug-likeness (QED) is 0.875. The van der Waals surface area contributed by atoms with Gasteiger partial charge in [0.05, 0.1) is 5.02 Å². The summed E-state index contributed by atoms with van der Waals surface area (Å²) in [6.07, 6.45) is 3.75. The molecule has 17 heavy (non-hydrogen) atoms. The Kier molecular flexibility index (Phi) is 2.91. The van der Waals surface area contributed by atoms with Gasteiger partial charge in [-0.2, -0.15) is 0 Å². The van der Waals surface area contributed by atoms with Crippen molar-refractivity contribution in [3.8, 4) is 0 Å². The summed E-state index contributed by atoms with van der Waals surface area (Å²) in [5.41, 5.74) is 0.785. The van der Waals surface area contributed by atoms with Crippen molar-refractivity contribution in [3.63, 3.8) is 0 Å². The molecule has 0 aliphatic heterocycles. The van der Waals surface area contributed by atoms with Crippen molar-refractivity contribution < 1.29 is 4.79 Å². The van der Waals surface area contributed by atoms with Crippen molar-refractivity contribution in [1.82, 2.24) is 0 Å². The smallest absolute Gasteiger partial charge is 0.228 e. The molecule has 0 heterocycles. The maximum absolute atomic E-state index is 12.0. The Bertz CT molecular complexity index is 466. The fourth-order valence-electron chi connectivity index (χ4n) is 3.01. The molecule has 2 fully saturated rings. The molecule has 2 aliphatic carbocycles. The Morgan fingerprint density at radius 3 is 2.71 bits per heavy atom. The Morgan fingerprint density at radius 2 is 2.06 bits per heavy atom. The summed E-state index contributed by atoms with van der Waals surface area (Å²) in [5.74, 6) is 1.73. The predicted octanol–water partition coefficient (Wildman–Crippen LogP) is 4.09. The number of benzene rings is 1. The molecule has 2 atom stereocenters. The molecule has 0 saturated heterocycles. The summed E-state index contributed by atoms with van der Waals surface area (Å²) < 4.78 is 0.848. The highest BCUT2D eigenvalue weighted by molar-refractivity contribution is 9.10. The van der Waals surface area contributed by atoms with E-state index in [1.165, 1.54) is 19.3 Å². The van der Waals surface area contributed by atoms with Gasteiger partial charge in [-0.25, -0.2) is 0 Å². The zero-order valence-corrected chi connectivity index (χ0v) is 11.6. The predicted molar refractivity (Wildman–Crippen MR) is 72.1 cm³/mol. The minimum atomic E-state index is 0.165. The number of nitrogens with one attached hydrogen (secondary N) is 1. The van der Waals surface area contributed by atoms with Crippen LogP contribution < -0.4 is 5.32 Å². The third-order valence-corrected chi connectivity index (χ3v) is 5.13. The Morgan fingerprint density at radius 1 is 1.35 bits per heavy atom. The van der Waals surface area contributed by atoms with E-state index < -0.39 is 0 Å². The average Bonchev–Trinajstić information content (AvgIpc) is 2.78. The van der Waals surface area contributed by atoms with E-state index in [4.69, 9.17) is 11.6 Å². The molecule has 2 unspecified atom stereocenters. The highest BCUT2D eigenvalue weighted by atomic mass is 79.9. The maximum Gasteiger partial charge on any atom is 0.228 e. The van der Waals surface area contributed by atoms with Gasteiger partial charge in [-0.05, 0) is 58.8 Å². The first kappa shape index (κ1) is 11.5. The summed E-state index contributed by atoms with van der Waals surface area (Å²) in [5, 5.41) is 3.58. The molecule has 4 heteroatoms. The van der Waals surface area contributed by atoms with E-state index in [1.54, 1.807) is 6.07 Å².